The smallest absolute Gasteiger partial charge is 0.292 e. The van der Waals surface area contributed by atoms with Crippen molar-refractivity contribution in [2.75, 3.05) is 42.9 Å². The number of nitrogens with zero attached hydrogens (tertiary/aromatic N) is 3. The summed E-state index contributed by atoms with van der Waals surface area (Å²) in [7, 11) is 0. The first-order valence-electron chi connectivity index (χ1n) is 11.8. The third kappa shape index (κ3) is 5.71. The second kappa shape index (κ2) is 11.0. The van der Waals surface area contributed by atoms with E-state index in [1.165, 1.54) is 12.8 Å². The first-order chi connectivity index (χ1) is 16.2. The highest BCUT2D eigenvalue weighted by Gasteiger charge is 2.23. The van der Waals surface area contributed by atoms with Crippen LogP contribution in [-0.2, 0) is 0 Å². The molecule has 0 spiro atoms. The van der Waals surface area contributed by atoms with Crippen LogP contribution in [0.4, 0.5) is 17.1 Å². The Morgan fingerprint density at radius 1 is 0.909 bits per heavy atom. The Bertz CT molecular complexity index is 995. The normalized spacial score (nSPS) is 14.4. The summed E-state index contributed by atoms with van der Waals surface area (Å²) in [6, 6.07) is 25.4. The minimum atomic E-state index is -0.304. The molecule has 1 aliphatic heterocycles. The Balaban J connectivity index is 1.61. The minimum absolute atomic E-state index is 0.0946. The highest BCUT2D eigenvalue weighted by atomic mass is 16.6. The summed E-state index contributed by atoms with van der Waals surface area (Å²) in [5.74, 6) is 0. The van der Waals surface area contributed by atoms with Gasteiger partial charge in [0.2, 0.25) is 0 Å². The maximum absolute atomic E-state index is 11.9. The van der Waals surface area contributed by atoms with Gasteiger partial charge in [0, 0.05) is 37.9 Å². The van der Waals surface area contributed by atoms with Gasteiger partial charge < -0.3 is 10.2 Å². The van der Waals surface area contributed by atoms with Crippen LogP contribution in [0.3, 0.4) is 0 Å². The van der Waals surface area contributed by atoms with Crippen molar-refractivity contribution in [3.8, 4) is 0 Å². The summed E-state index contributed by atoms with van der Waals surface area (Å²) in [6.45, 7) is 7.28. The van der Waals surface area contributed by atoms with E-state index in [1.54, 1.807) is 6.07 Å². The second-order valence-corrected chi connectivity index (χ2v) is 8.54. The van der Waals surface area contributed by atoms with Crippen LogP contribution in [0.5, 0.6) is 0 Å². The lowest BCUT2D eigenvalue weighted by Crippen LogP contribution is -2.46. The standard InChI is InChI=1S/C27H32N4O2/c1-2-3-16-29-17-19-30(20-18-29)24-14-15-26(31(32)33)25(21-24)28-27(22-10-6-4-7-11-22)23-12-8-5-9-13-23/h4-15,21,27-28H,2-3,16-20H2,1H3. The van der Waals surface area contributed by atoms with E-state index in [0.717, 1.165) is 49.5 Å². The van der Waals surface area contributed by atoms with E-state index in [-0.39, 0.29) is 16.7 Å². The van der Waals surface area contributed by atoms with E-state index in [4.69, 9.17) is 0 Å². The third-order valence-electron chi connectivity index (χ3n) is 6.31. The molecule has 172 valence electrons. The van der Waals surface area contributed by atoms with Crippen LogP contribution in [0.25, 0.3) is 0 Å². The van der Waals surface area contributed by atoms with Crippen LogP contribution < -0.4 is 10.2 Å². The molecule has 0 unspecified atom stereocenters. The lowest BCUT2D eigenvalue weighted by molar-refractivity contribution is -0.384. The number of hydrogen-bond acceptors (Lipinski definition) is 5. The molecule has 1 aliphatic rings. The van der Waals surface area contributed by atoms with Crippen molar-refractivity contribution in [3.05, 3.63) is 100 Å². The summed E-state index contributed by atoms with van der Waals surface area (Å²) in [5.41, 5.74) is 3.79. The van der Waals surface area contributed by atoms with Crippen LogP contribution in [-0.4, -0.2) is 42.5 Å². The fourth-order valence-corrected chi connectivity index (χ4v) is 4.41. The zero-order valence-corrected chi connectivity index (χ0v) is 19.2. The molecule has 0 aromatic heterocycles. The molecule has 0 saturated carbocycles. The zero-order chi connectivity index (χ0) is 23.0. The largest absolute Gasteiger partial charge is 0.369 e. The van der Waals surface area contributed by atoms with Gasteiger partial charge in [0.1, 0.15) is 5.69 Å². The van der Waals surface area contributed by atoms with Crippen LogP contribution >= 0.6 is 0 Å². The fraction of sp³-hybridized carbons (Fsp3) is 0.333. The van der Waals surface area contributed by atoms with Gasteiger partial charge in [-0.1, -0.05) is 74.0 Å². The quantitative estimate of drug-likeness (QED) is 0.338. The molecule has 1 heterocycles. The van der Waals surface area contributed by atoms with Gasteiger partial charge in [0.25, 0.3) is 5.69 Å². The Hall–Kier alpha value is -3.38. The molecule has 1 N–H and O–H groups in total. The van der Waals surface area contributed by atoms with Crippen molar-refractivity contribution in [2.45, 2.75) is 25.8 Å². The van der Waals surface area contributed by atoms with E-state index in [0.29, 0.717) is 5.69 Å². The van der Waals surface area contributed by atoms with Crippen LogP contribution in [0.15, 0.2) is 78.9 Å². The lowest BCUT2D eigenvalue weighted by atomic mass is 9.98. The number of hydrogen-bond donors (Lipinski definition) is 1. The molecule has 1 fully saturated rings. The van der Waals surface area contributed by atoms with Gasteiger partial charge in [-0.2, -0.15) is 0 Å². The van der Waals surface area contributed by atoms with Crippen molar-refractivity contribution < 1.29 is 4.92 Å². The molecule has 4 rings (SSSR count). The van der Waals surface area contributed by atoms with Gasteiger partial charge in [-0.3, -0.25) is 15.0 Å². The first-order valence-corrected chi connectivity index (χ1v) is 11.8. The van der Waals surface area contributed by atoms with Crippen molar-refractivity contribution in [1.82, 2.24) is 4.90 Å². The zero-order valence-electron chi connectivity index (χ0n) is 19.2. The molecule has 3 aromatic rings. The summed E-state index contributed by atoms with van der Waals surface area (Å²) in [6.07, 6.45) is 2.44. The molecule has 0 atom stereocenters. The Labute approximate surface area is 196 Å². The van der Waals surface area contributed by atoms with Crippen LogP contribution in [0.1, 0.15) is 36.9 Å². The van der Waals surface area contributed by atoms with E-state index in [2.05, 4.69) is 46.3 Å². The summed E-state index contributed by atoms with van der Waals surface area (Å²) in [4.78, 5) is 16.4. The van der Waals surface area contributed by atoms with Gasteiger partial charge in [-0.15, -0.1) is 0 Å². The Morgan fingerprint density at radius 3 is 2.06 bits per heavy atom. The summed E-state index contributed by atoms with van der Waals surface area (Å²) >= 11 is 0. The number of nitro benzene ring substituents is 1. The number of unbranched alkanes of at least 4 members (excludes halogenated alkanes) is 1. The summed E-state index contributed by atoms with van der Waals surface area (Å²) < 4.78 is 0. The molecule has 33 heavy (non-hydrogen) atoms. The average molecular weight is 445 g/mol. The number of anilines is 2. The molecule has 6 nitrogen and oxygen atoms in total. The van der Waals surface area contributed by atoms with Crippen LogP contribution in [0.2, 0.25) is 0 Å². The predicted octanol–water partition coefficient (Wildman–Crippen LogP) is 5.72. The Morgan fingerprint density at radius 2 is 1.52 bits per heavy atom. The maximum Gasteiger partial charge on any atom is 0.292 e. The van der Waals surface area contributed by atoms with Crippen molar-refractivity contribution in [3.63, 3.8) is 0 Å². The maximum atomic E-state index is 11.9. The molecular formula is C27H32N4O2. The Kier molecular flexibility index (Phi) is 7.58. The SMILES string of the molecule is CCCCN1CCN(c2ccc([N+](=O)[O-])c(NC(c3ccccc3)c3ccccc3)c2)CC1. The predicted molar refractivity (Wildman–Crippen MR) is 135 cm³/mol. The minimum Gasteiger partial charge on any atom is -0.369 e. The van der Waals surface area contributed by atoms with E-state index in [9.17, 15) is 10.1 Å². The molecule has 0 amide bonds. The first kappa shape index (κ1) is 22.8. The van der Waals surface area contributed by atoms with Gasteiger partial charge in [0.15, 0.2) is 0 Å². The third-order valence-corrected chi connectivity index (χ3v) is 6.31. The van der Waals surface area contributed by atoms with Gasteiger partial charge in [-0.25, -0.2) is 0 Å². The van der Waals surface area contributed by atoms with Crippen molar-refractivity contribution >= 4 is 17.1 Å². The fourth-order valence-electron chi connectivity index (χ4n) is 4.41. The number of benzene rings is 3. The number of piperazine rings is 1. The molecule has 3 aromatic carbocycles. The van der Waals surface area contributed by atoms with E-state index in [1.807, 2.05) is 48.5 Å². The summed E-state index contributed by atoms with van der Waals surface area (Å²) in [5, 5.41) is 15.4. The highest BCUT2D eigenvalue weighted by molar-refractivity contribution is 5.70. The van der Waals surface area contributed by atoms with Crippen molar-refractivity contribution in [2.24, 2.45) is 0 Å². The van der Waals surface area contributed by atoms with Gasteiger partial charge in [-0.05, 0) is 36.2 Å². The van der Waals surface area contributed by atoms with Crippen molar-refractivity contribution in [1.29, 1.82) is 0 Å². The average Bonchev–Trinajstić information content (AvgIpc) is 2.87. The second-order valence-electron chi connectivity index (χ2n) is 8.54. The molecule has 0 radical (unpaired) electrons. The topological polar surface area (TPSA) is 61.7 Å². The van der Waals surface area contributed by atoms with E-state index < -0.39 is 0 Å². The number of rotatable bonds is 9. The monoisotopic (exact) mass is 444 g/mol. The molecular weight excluding hydrogens is 412 g/mol. The molecule has 0 aliphatic carbocycles. The van der Waals surface area contributed by atoms with Crippen LogP contribution in [0, 0.1) is 10.1 Å². The highest BCUT2D eigenvalue weighted by Crippen LogP contribution is 2.35. The molecule has 6 heteroatoms. The molecule has 1 saturated heterocycles. The van der Waals surface area contributed by atoms with Gasteiger partial charge >= 0.3 is 0 Å². The van der Waals surface area contributed by atoms with Gasteiger partial charge in [0.05, 0.1) is 11.0 Å². The lowest BCUT2D eigenvalue weighted by Gasteiger charge is -2.36. The number of nitrogens with one attached hydrogen (secondary N) is 1. The molecule has 0 bridgehead atoms. The number of nitro groups is 1. The van der Waals surface area contributed by atoms with E-state index >= 15 is 0 Å².